The summed E-state index contributed by atoms with van der Waals surface area (Å²) >= 11 is 6.21. The average Bonchev–Trinajstić information content (AvgIpc) is 3.22. The van der Waals surface area contributed by atoms with Crippen LogP contribution in [-0.2, 0) is 11.8 Å². The van der Waals surface area contributed by atoms with Gasteiger partial charge in [-0.05, 0) is 30.3 Å². The largest absolute Gasteiger partial charge is 0.478 e. The average molecular weight is 372 g/mol. The summed E-state index contributed by atoms with van der Waals surface area (Å²) in [7, 11) is 1.76. The fourth-order valence-corrected chi connectivity index (χ4v) is 3.34. The van der Waals surface area contributed by atoms with Crippen LogP contribution in [-0.4, -0.2) is 26.8 Å². The van der Waals surface area contributed by atoms with Crippen molar-refractivity contribution >= 4 is 29.3 Å². The first kappa shape index (κ1) is 16.4. The summed E-state index contributed by atoms with van der Waals surface area (Å²) in [5.74, 6) is 0.275. The standard InChI is InChI=1S/C18H14ClN3O4/c1-22-17-12(8-20-22)10(7-16(23)21-17)14-4-5-15(26-14)11-6-9(18(24)25)2-3-13(11)19/h2-6,8,10H,7H2,1H3,(H,21,23)(H,24,25). The molecule has 0 spiro atoms. The molecule has 0 saturated carbocycles. The molecule has 2 aromatic heterocycles. The van der Waals surface area contributed by atoms with Gasteiger partial charge in [0.25, 0.3) is 0 Å². The number of carbonyl (C=O) groups is 2. The number of carbonyl (C=O) groups excluding carboxylic acids is 1. The van der Waals surface area contributed by atoms with E-state index in [1.54, 1.807) is 30.1 Å². The van der Waals surface area contributed by atoms with Crippen molar-refractivity contribution in [2.45, 2.75) is 12.3 Å². The van der Waals surface area contributed by atoms with Crippen molar-refractivity contribution < 1.29 is 19.1 Å². The highest BCUT2D eigenvalue weighted by atomic mass is 35.5. The molecule has 1 unspecified atom stereocenters. The van der Waals surface area contributed by atoms with Crippen molar-refractivity contribution in [1.29, 1.82) is 0 Å². The van der Waals surface area contributed by atoms with Gasteiger partial charge in [0.15, 0.2) is 0 Å². The third-order valence-electron chi connectivity index (χ3n) is 4.44. The summed E-state index contributed by atoms with van der Waals surface area (Å²) in [6.07, 6.45) is 1.95. The van der Waals surface area contributed by atoms with Crippen LogP contribution in [0, 0.1) is 0 Å². The lowest BCUT2D eigenvalue weighted by Crippen LogP contribution is -2.24. The summed E-state index contributed by atoms with van der Waals surface area (Å²) < 4.78 is 7.55. The fourth-order valence-electron chi connectivity index (χ4n) is 3.13. The zero-order valence-electron chi connectivity index (χ0n) is 13.7. The molecule has 7 nitrogen and oxygen atoms in total. The van der Waals surface area contributed by atoms with Gasteiger partial charge < -0.3 is 14.8 Å². The first-order valence-electron chi connectivity index (χ1n) is 7.88. The molecule has 132 valence electrons. The van der Waals surface area contributed by atoms with E-state index in [9.17, 15) is 9.59 Å². The number of rotatable bonds is 3. The number of aromatic carboxylic acids is 1. The van der Waals surface area contributed by atoms with Crippen molar-refractivity contribution in [2.75, 3.05) is 5.32 Å². The summed E-state index contributed by atoms with van der Waals surface area (Å²) in [6, 6.07) is 7.93. The van der Waals surface area contributed by atoms with Gasteiger partial charge >= 0.3 is 5.97 Å². The summed E-state index contributed by atoms with van der Waals surface area (Å²) in [5, 5.41) is 16.6. The Morgan fingerprint density at radius 1 is 1.38 bits per heavy atom. The zero-order valence-corrected chi connectivity index (χ0v) is 14.4. The number of amides is 1. The first-order valence-corrected chi connectivity index (χ1v) is 8.26. The smallest absolute Gasteiger partial charge is 0.335 e. The van der Waals surface area contributed by atoms with E-state index in [0.29, 0.717) is 27.9 Å². The van der Waals surface area contributed by atoms with Crippen LogP contribution in [0.3, 0.4) is 0 Å². The van der Waals surface area contributed by atoms with Gasteiger partial charge in [-0.1, -0.05) is 11.6 Å². The quantitative estimate of drug-likeness (QED) is 0.734. The minimum atomic E-state index is -1.04. The summed E-state index contributed by atoms with van der Waals surface area (Å²) in [6.45, 7) is 0. The lowest BCUT2D eigenvalue weighted by Gasteiger charge is -2.21. The zero-order chi connectivity index (χ0) is 18.4. The van der Waals surface area contributed by atoms with Crippen molar-refractivity contribution in [3.63, 3.8) is 0 Å². The Morgan fingerprint density at radius 2 is 2.19 bits per heavy atom. The number of aryl methyl sites for hydroxylation is 1. The number of furan rings is 1. The highest BCUT2D eigenvalue weighted by molar-refractivity contribution is 6.33. The Balaban J connectivity index is 1.75. The molecule has 1 aromatic carbocycles. The maximum Gasteiger partial charge on any atom is 0.335 e. The molecule has 26 heavy (non-hydrogen) atoms. The molecule has 1 aliphatic rings. The van der Waals surface area contributed by atoms with E-state index >= 15 is 0 Å². The molecule has 0 bridgehead atoms. The van der Waals surface area contributed by atoms with E-state index in [4.69, 9.17) is 21.1 Å². The maximum absolute atomic E-state index is 12.0. The number of benzene rings is 1. The SMILES string of the molecule is Cn1ncc2c1NC(=O)CC2c1ccc(-c2cc(C(=O)O)ccc2Cl)o1. The molecule has 2 N–H and O–H groups in total. The van der Waals surface area contributed by atoms with Crippen molar-refractivity contribution in [3.05, 3.63) is 58.4 Å². The van der Waals surface area contributed by atoms with E-state index in [1.807, 2.05) is 0 Å². The van der Waals surface area contributed by atoms with E-state index in [0.717, 1.165) is 5.56 Å². The van der Waals surface area contributed by atoms with Crippen LogP contribution in [0.1, 0.15) is 34.0 Å². The van der Waals surface area contributed by atoms with Gasteiger partial charge in [0.2, 0.25) is 5.91 Å². The Kier molecular flexibility index (Phi) is 3.81. The van der Waals surface area contributed by atoms with E-state index in [2.05, 4.69) is 10.4 Å². The molecule has 0 aliphatic carbocycles. The van der Waals surface area contributed by atoms with Crippen LogP contribution in [0.5, 0.6) is 0 Å². The number of nitrogens with one attached hydrogen (secondary N) is 1. The molecule has 8 heteroatoms. The predicted molar refractivity (Wildman–Crippen MR) is 94.4 cm³/mol. The van der Waals surface area contributed by atoms with E-state index < -0.39 is 5.97 Å². The van der Waals surface area contributed by atoms with Gasteiger partial charge in [0, 0.05) is 24.6 Å². The number of hydrogen-bond donors (Lipinski definition) is 2. The minimum absolute atomic E-state index is 0.116. The Morgan fingerprint density at radius 3 is 2.96 bits per heavy atom. The summed E-state index contributed by atoms with van der Waals surface area (Å²) in [4.78, 5) is 23.2. The first-order chi connectivity index (χ1) is 12.4. The second-order valence-electron chi connectivity index (χ2n) is 6.08. The van der Waals surface area contributed by atoms with Gasteiger partial charge in [-0.25, -0.2) is 4.79 Å². The second kappa shape index (κ2) is 6.03. The van der Waals surface area contributed by atoms with E-state index in [-0.39, 0.29) is 23.8 Å². The third kappa shape index (κ3) is 2.66. The molecule has 3 heterocycles. The topological polar surface area (TPSA) is 97.4 Å². The van der Waals surface area contributed by atoms with Gasteiger partial charge in [0.1, 0.15) is 17.3 Å². The van der Waals surface area contributed by atoms with Crippen molar-refractivity contribution in [2.24, 2.45) is 7.05 Å². The lowest BCUT2D eigenvalue weighted by atomic mass is 9.92. The van der Waals surface area contributed by atoms with Crippen LogP contribution in [0.2, 0.25) is 5.02 Å². The molecule has 3 aromatic rings. The normalized spacial score (nSPS) is 16.2. The van der Waals surface area contributed by atoms with Crippen LogP contribution < -0.4 is 5.32 Å². The monoisotopic (exact) mass is 371 g/mol. The number of hydrogen-bond acceptors (Lipinski definition) is 4. The number of fused-ring (bicyclic) bond motifs is 1. The van der Waals surface area contributed by atoms with Gasteiger partial charge in [-0.3, -0.25) is 9.48 Å². The highest BCUT2D eigenvalue weighted by Crippen LogP contribution is 2.39. The lowest BCUT2D eigenvalue weighted by molar-refractivity contribution is -0.116. The number of carboxylic acid groups (broad SMARTS) is 1. The predicted octanol–water partition coefficient (Wildman–Crippen LogP) is 3.51. The molecular formula is C18H14ClN3O4. The Hall–Kier alpha value is -3.06. The molecule has 0 radical (unpaired) electrons. The molecule has 0 saturated heterocycles. The molecule has 1 atom stereocenters. The van der Waals surface area contributed by atoms with Gasteiger partial charge in [-0.15, -0.1) is 0 Å². The highest BCUT2D eigenvalue weighted by Gasteiger charge is 2.31. The van der Waals surface area contributed by atoms with Crippen LogP contribution in [0.25, 0.3) is 11.3 Å². The molecule has 1 aliphatic heterocycles. The van der Waals surface area contributed by atoms with Crippen LogP contribution in [0.4, 0.5) is 5.82 Å². The van der Waals surface area contributed by atoms with Crippen LogP contribution >= 0.6 is 11.6 Å². The number of carboxylic acids is 1. The summed E-state index contributed by atoms with van der Waals surface area (Å²) in [5.41, 5.74) is 1.48. The molecule has 4 rings (SSSR count). The number of anilines is 1. The fraction of sp³-hybridized carbons (Fsp3) is 0.167. The third-order valence-corrected chi connectivity index (χ3v) is 4.77. The van der Waals surface area contributed by atoms with E-state index in [1.165, 1.54) is 18.2 Å². The number of halogens is 1. The number of aromatic nitrogens is 2. The van der Waals surface area contributed by atoms with Gasteiger partial charge in [-0.2, -0.15) is 5.10 Å². The minimum Gasteiger partial charge on any atom is -0.478 e. The Labute approximate surface area is 153 Å². The molecule has 0 fully saturated rings. The number of nitrogens with zero attached hydrogens (tertiary/aromatic N) is 2. The van der Waals surface area contributed by atoms with Gasteiger partial charge in [0.05, 0.1) is 22.7 Å². The molecular weight excluding hydrogens is 358 g/mol. The van der Waals surface area contributed by atoms with Crippen molar-refractivity contribution in [1.82, 2.24) is 9.78 Å². The maximum atomic E-state index is 12.0. The van der Waals surface area contributed by atoms with Crippen LogP contribution in [0.15, 0.2) is 40.9 Å². The Bertz CT molecular complexity index is 1040. The molecule has 1 amide bonds. The van der Waals surface area contributed by atoms with Crippen molar-refractivity contribution in [3.8, 4) is 11.3 Å². The second-order valence-corrected chi connectivity index (χ2v) is 6.49.